The molecule has 2 N–H and O–H groups in total. The average Bonchev–Trinajstić information content (AvgIpc) is 2.89. The van der Waals surface area contributed by atoms with E-state index in [0.29, 0.717) is 25.2 Å². The first kappa shape index (κ1) is 13.7. The molecule has 0 aliphatic rings. The number of nitrogens with one attached hydrogen (secondary N) is 1. The molecule has 0 spiro atoms. The summed E-state index contributed by atoms with van der Waals surface area (Å²) in [4.78, 5) is 19.8. The molecule has 0 aromatic carbocycles. The predicted molar refractivity (Wildman–Crippen MR) is 76.6 cm³/mol. The molecule has 0 fully saturated rings. The van der Waals surface area contributed by atoms with Gasteiger partial charge in [0.2, 0.25) is 0 Å². The number of anilines is 1. The van der Waals surface area contributed by atoms with Crippen molar-refractivity contribution in [2.75, 3.05) is 11.9 Å². The molecule has 0 bridgehead atoms. The van der Waals surface area contributed by atoms with Crippen LogP contribution in [0.15, 0.2) is 17.8 Å². The minimum atomic E-state index is -0.763. The van der Waals surface area contributed by atoms with Crippen molar-refractivity contribution in [2.45, 2.75) is 26.7 Å². The molecule has 2 rings (SSSR count). The van der Waals surface area contributed by atoms with Gasteiger partial charge < -0.3 is 10.4 Å². The highest BCUT2D eigenvalue weighted by atomic mass is 32.1. The Morgan fingerprint density at radius 2 is 2.16 bits per heavy atom. The van der Waals surface area contributed by atoms with Gasteiger partial charge in [0.05, 0.1) is 15.6 Å². The smallest absolute Gasteiger partial charge is 0.311 e. The van der Waals surface area contributed by atoms with E-state index in [1.165, 1.54) is 6.33 Å². The Morgan fingerprint density at radius 3 is 2.79 bits per heavy atom. The lowest BCUT2D eigenvalue weighted by atomic mass is 9.82. The number of aromatic nitrogens is 2. The predicted octanol–water partition coefficient (Wildman–Crippen LogP) is 2.99. The number of thiophene rings is 1. The Morgan fingerprint density at radius 1 is 1.42 bits per heavy atom. The lowest BCUT2D eigenvalue weighted by Gasteiger charge is -2.27. The second kappa shape index (κ2) is 5.52. The number of hydrogen-bond donors (Lipinski definition) is 2. The summed E-state index contributed by atoms with van der Waals surface area (Å²) in [5.41, 5.74) is 0.144. The van der Waals surface area contributed by atoms with Crippen molar-refractivity contribution < 1.29 is 9.90 Å². The molecule has 19 heavy (non-hydrogen) atoms. The number of carboxylic acids is 1. The summed E-state index contributed by atoms with van der Waals surface area (Å²) in [6, 6.07) is 1.93. The molecule has 102 valence electrons. The topological polar surface area (TPSA) is 75.1 Å². The van der Waals surface area contributed by atoms with E-state index in [9.17, 15) is 9.90 Å². The first-order valence-corrected chi connectivity index (χ1v) is 7.16. The minimum Gasteiger partial charge on any atom is -0.481 e. The number of carboxylic acid groups (broad SMARTS) is 1. The van der Waals surface area contributed by atoms with Crippen LogP contribution in [-0.4, -0.2) is 27.6 Å². The molecule has 0 saturated heterocycles. The van der Waals surface area contributed by atoms with Gasteiger partial charge in [0.15, 0.2) is 0 Å². The van der Waals surface area contributed by atoms with Crippen molar-refractivity contribution in [2.24, 2.45) is 5.41 Å². The van der Waals surface area contributed by atoms with Gasteiger partial charge in [0.25, 0.3) is 0 Å². The molecule has 0 amide bonds. The summed E-state index contributed by atoms with van der Waals surface area (Å²) in [7, 11) is 0. The van der Waals surface area contributed by atoms with Crippen LogP contribution in [0.3, 0.4) is 0 Å². The summed E-state index contributed by atoms with van der Waals surface area (Å²) in [5.74, 6) is -0.0472. The Labute approximate surface area is 115 Å². The van der Waals surface area contributed by atoms with Gasteiger partial charge in [-0.3, -0.25) is 4.79 Å². The van der Waals surface area contributed by atoms with Gasteiger partial charge in [-0.2, -0.15) is 0 Å². The van der Waals surface area contributed by atoms with Gasteiger partial charge in [-0.1, -0.05) is 13.8 Å². The maximum absolute atomic E-state index is 11.4. The highest BCUT2D eigenvalue weighted by Crippen LogP contribution is 2.29. The Kier molecular flexibility index (Phi) is 3.99. The van der Waals surface area contributed by atoms with E-state index >= 15 is 0 Å². The molecular formula is C13H17N3O2S. The fourth-order valence-electron chi connectivity index (χ4n) is 2.05. The monoisotopic (exact) mass is 279 g/mol. The third-order valence-corrected chi connectivity index (χ3v) is 4.55. The fraction of sp³-hybridized carbons (Fsp3) is 0.462. The van der Waals surface area contributed by atoms with E-state index in [1.807, 2.05) is 25.3 Å². The Bertz CT molecular complexity index is 578. The first-order valence-electron chi connectivity index (χ1n) is 6.28. The normalized spacial score (nSPS) is 11.7. The van der Waals surface area contributed by atoms with Crippen LogP contribution < -0.4 is 5.32 Å². The SMILES string of the molecule is CCC(CC)(CNc1ncnc2ccsc12)C(=O)O. The van der Waals surface area contributed by atoms with Gasteiger partial charge in [-0.25, -0.2) is 9.97 Å². The van der Waals surface area contributed by atoms with Crippen molar-refractivity contribution in [3.05, 3.63) is 17.8 Å². The van der Waals surface area contributed by atoms with Crippen LogP contribution in [0.5, 0.6) is 0 Å². The molecule has 0 atom stereocenters. The Balaban J connectivity index is 2.22. The number of rotatable bonds is 6. The first-order chi connectivity index (χ1) is 9.13. The van der Waals surface area contributed by atoms with Crippen LogP contribution >= 0.6 is 11.3 Å². The lowest BCUT2D eigenvalue weighted by Crippen LogP contribution is -2.37. The summed E-state index contributed by atoms with van der Waals surface area (Å²) in [6.07, 6.45) is 2.67. The van der Waals surface area contributed by atoms with E-state index < -0.39 is 11.4 Å². The van der Waals surface area contributed by atoms with Crippen molar-refractivity contribution >= 4 is 33.3 Å². The van der Waals surface area contributed by atoms with Crippen LogP contribution in [-0.2, 0) is 4.79 Å². The van der Waals surface area contributed by atoms with Crippen LogP contribution in [0.2, 0.25) is 0 Å². The van der Waals surface area contributed by atoms with Gasteiger partial charge >= 0.3 is 5.97 Å². The zero-order chi connectivity index (χ0) is 13.9. The number of hydrogen-bond acceptors (Lipinski definition) is 5. The summed E-state index contributed by atoms with van der Waals surface area (Å²) < 4.78 is 0.967. The molecule has 2 heterocycles. The lowest BCUT2D eigenvalue weighted by molar-refractivity contribution is -0.148. The molecule has 0 unspecified atom stereocenters. The van der Waals surface area contributed by atoms with E-state index in [1.54, 1.807) is 11.3 Å². The van der Waals surface area contributed by atoms with Crippen LogP contribution in [0.4, 0.5) is 5.82 Å². The number of aliphatic carboxylic acids is 1. The highest BCUT2D eigenvalue weighted by molar-refractivity contribution is 7.17. The molecular weight excluding hydrogens is 262 g/mol. The molecule has 5 nitrogen and oxygen atoms in total. The van der Waals surface area contributed by atoms with Crippen molar-refractivity contribution in [3.8, 4) is 0 Å². The summed E-state index contributed by atoms with van der Waals surface area (Å²) >= 11 is 1.55. The molecule has 0 radical (unpaired) electrons. The largest absolute Gasteiger partial charge is 0.481 e. The van der Waals surface area contributed by atoms with Gasteiger partial charge in [0, 0.05) is 6.54 Å². The zero-order valence-electron chi connectivity index (χ0n) is 11.0. The van der Waals surface area contributed by atoms with E-state index in [-0.39, 0.29) is 0 Å². The van der Waals surface area contributed by atoms with Crippen LogP contribution in [0, 0.1) is 5.41 Å². The molecule has 0 saturated carbocycles. The summed E-state index contributed by atoms with van der Waals surface area (Å²) in [5, 5.41) is 14.5. The molecule has 0 aliphatic carbocycles. The van der Waals surface area contributed by atoms with E-state index in [0.717, 1.165) is 10.2 Å². The zero-order valence-corrected chi connectivity index (χ0v) is 11.8. The van der Waals surface area contributed by atoms with Crippen LogP contribution in [0.25, 0.3) is 10.2 Å². The number of carbonyl (C=O) groups is 1. The maximum Gasteiger partial charge on any atom is 0.311 e. The third-order valence-electron chi connectivity index (χ3n) is 3.64. The maximum atomic E-state index is 11.4. The molecule has 0 aliphatic heterocycles. The molecule has 2 aromatic rings. The van der Waals surface area contributed by atoms with Crippen LogP contribution in [0.1, 0.15) is 26.7 Å². The highest BCUT2D eigenvalue weighted by Gasteiger charge is 2.34. The minimum absolute atomic E-state index is 0.374. The number of nitrogens with zero attached hydrogens (tertiary/aromatic N) is 2. The average molecular weight is 279 g/mol. The van der Waals surface area contributed by atoms with Gasteiger partial charge in [0.1, 0.15) is 12.1 Å². The third kappa shape index (κ3) is 2.53. The molecule has 2 aromatic heterocycles. The van der Waals surface area contributed by atoms with Crippen molar-refractivity contribution in [3.63, 3.8) is 0 Å². The number of fused-ring (bicyclic) bond motifs is 1. The second-order valence-electron chi connectivity index (χ2n) is 4.50. The standard InChI is InChI=1S/C13H17N3O2S/c1-3-13(4-2,12(17)18)7-14-11-10-9(5-6-19-10)15-8-16-11/h5-6,8H,3-4,7H2,1-2H3,(H,17,18)(H,14,15,16). The quantitative estimate of drug-likeness (QED) is 0.850. The molecule has 6 heteroatoms. The van der Waals surface area contributed by atoms with Gasteiger partial charge in [-0.15, -0.1) is 11.3 Å². The van der Waals surface area contributed by atoms with Crippen molar-refractivity contribution in [1.29, 1.82) is 0 Å². The second-order valence-corrected chi connectivity index (χ2v) is 5.42. The van der Waals surface area contributed by atoms with E-state index in [2.05, 4.69) is 15.3 Å². The Hall–Kier alpha value is -1.69. The van der Waals surface area contributed by atoms with E-state index in [4.69, 9.17) is 0 Å². The van der Waals surface area contributed by atoms with Crippen molar-refractivity contribution in [1.82, 2.24) is 9.97 Å². The fourth-order valence-corrected chi connectivity index (χ4v) is 2.86. The summed E-state index contributed by atoms with van der Waals surface area (Å²) in [6.45, 7) is 4.18. The van der Waals surface area contributed by atoms with Gasteiger partial charge in [-0.05, 0) is 24.3 Å².